The summed E-state index contributed by atoms with van der Waals surface area (Å²) >= 11 is 0. The lowest BCUT2D eigenvalue weighted by molar-refractivity contribution is 0.250. The van der Waals surface area contributed by atoms with Gasteiger partial charge in [0.15, 0.2) is 0 Å². The average molecular weight is 185 g/mol. The van der Waals surface area contributed by atoms with Crippen molar-refractivity contribution in [3.63, 3.8) is 0 Å². The predicted octanol–water partition coefficient (Wildman–Crippen LogP) is 1.60. The number of aliphatic hydroxyl groups excluding tert-OH is 1. The first kappa shape index (κ1) is 8.02. The number of aliphatic hydroxyl groups is 1. The minimum Gasteiger partial charge on any atom is -0.392 e. The van der Waals surface area contributed by atoms with Gasteiger partial charge in [-0.1, -0.05) is 30.3 Å². The third kappa shape index (κ3) is 0.703. The Morgan fingerprint density at radius 2 is 2.00 bits per heavy atom. The molecule has 3 atom stereocenters. The Labute approximate surface area is 82.8 Å². The molecule has 0 amide bonds. The van der Waals surface area contributed by atoms with Gasteiger partial charge < -0.3 is 5.11 Å². The molecule has 2 nitrogen and oxygen atoms in total. The molecule has 14 heavy (non-hydrogen) atoms. The Balaban J connectivity index is 2.04. The Hall–Kier alpha value is -1.33. The molecule has 2 fully saturated rings. The van der Waals surface area contributed by atoms with Crippen molar-refractivity contribution in [2.24, 2.45) is 5.41 Å². The molecule has 1 spiro atoms. The van der Waals surface area contributed by atoms with Gasteiger partial charge in [0.25, 0.3) is 0 Å². The third-order valence-corrected chi connectivity index (χ3v) is 3.80. The molecule has 0 aromatic heterocycles. The summed E-state index contributed by atoms with van der Waals surface area (Å²) < 4.78 is 0. The summed E-state index contributed by atoms with van der Waals surface area (Å²) in [7, 11) is 0. The maximum Gasteiger partial charge on any atom is 0.0911 e. The van der Waals surface area contributed by atoms with Crippen LogP contribution in [0, 0.1) is 16.7 Å². The van der Waals surface area contributed by atoms with Crippen LogP contribution in [-0.2, 0) is 5.41 Å². The number of rotatable bonds is 1. The minimum atomic E-state index is -0.381. The Bertz CT molecular complexity index is 422. The Morgan fingerprint density at radius 3 is 2.43 bits per heavy atom. The molecule has 2 unspecified atom stereocenters. The van der Waals surface area contributed by atoms with Crippen LogP contribution in [0.4, 0.5) is 0 Å². The maximum atomic E-state index is 9.53. The summed E-state index contributed by atoms with van der Waals surface area (Å²) in [4.78, 5) is 0. The Kier molecular flexibility index (Phi) is 1.25. The zero-order chi connectivity index (χ0) is 9.81. The molecule has 1 N–H and O–H groups in total. The summed E-state index contributed by atoms with van der Waals surface area (Å²) in [5.74, 6) is 0. The van der Waals surface area contributed by atoms with Gasteiger partial charge in [-0.2, -0.15) is 5.26 Å². The summed E-state index contributed by atoms with van der Waals surface area (Å²) in [6.45, 7) is 0. The van der Waals surface area contributed by atoms with Gasteiger partial charge in [-0.05, 0) is 18.4 Å². The maximum absolute atomic E-state index is 9.53. The van der Waals surface area contributed by atoms with Crippen LogP contribution in [0.25, 0.3) is 0 Å². The van der Waals surface area contributed by atoms with Gasteiger partial charge in [0.05, 0.1) is 17.6 Å². The van der Waals surface area contributed by atoms with Crippen LogP contribution in [0.5, 0.6) is 0 Å². The number of nitrogens with zero attached hydrogens (tertiary/aromatic N) is 1. The molecule has 0 radical (unpaired) electrons. The standard InChI is InChI=1S/C12H11NO/c13-8-12(7-11(12)6-10(11)14)9-4-2-1-3-5-9/h1-5,10,14H,6-7H2/t10?,11?,12-/m1/s1. The second kappa shape index (κ2) is 2.18. The topological polar surface area (TPSA) is 44.0 Å². The first-order valence-corrected chi connectivity index (χ1v) is 4.90. The lowest BCUT2D eigenvalue weighted by atomic mass is 9.94. The van der Waals surface area contributed by atoms with Gasteiger partial charge in [-0.25, -0.2) is 0 Å². The van der Waals surface area contributed by atoms with Gasteiger partial charge in [0.2, 0.25) is 0 Å². The van der Waals surface area contributed by atoms with Crippen LogP contribution in [0.3, 0.4) is 0 Å². The molecule has 2 saturated carbocycles. The van der Waals surface area contributed by atoms with E-state index in [1.54, 1.807) is 0 Å². The van der Waals surface area contributed by atoms with Crippen molar-refractivity contribution < 1.29 is 5.11 Å². The molecule has 2 aliphatic carbocycles. The van der Waals surface area contributed by atoms with E-state index in [1.165, 1.54) is 0 Å². The quantitative estimate of drug-likeness (QED) is 0.722. The van der Waals surface area contributed by atoms with Crippen LogP contribution in [0.1, 0.15) is 18.4 Å². The van der Waals surface area contributed by atoms with Crippen LogP contribution in [-0.4, -0.2) is 11.2 Å². The fourth-order valence-electron chi connectivity index (χ4n) is 2.69. The van der Waals surface area contributed by atoms with Gasteiger partial charge >= 0.3 is 0 Å². The highest BCUT2D eigenvalue weighted by molar-refractivity contribution is 5.51. The van der Waals surface area contributed by atoms with E-state index in [0.29, 0.717) is 0 Å². The van der Waals surface area contributed by atoms with Crippen molar-refractivity contribution >= 4 is 0 Å². The van der Waals surface area contributed by atoms with E-state index in [2.05, 4.69) is 6.07 Å². The van der Waals surface area contributed by atoms with E-state index in [9.17, 15) is 10.4 Å². The number of hydrogen-bond donors (Lipinski definition) is 1. The number of nitriles is 1. The van der Waals surface area contributed by atoms with Crippen LogP contribution >= 0.6 is 0 Å². The third-order valence-electron chi connectivity index (χ3n) is 3.80. The average Bonchev–Trinajstić information content (AvgIpc) is 3.08. The van der Waals surface area contributed by atoms with Crippen LogP contribution in [0.2, 0.25) is 0 Å². The van der Waals surface area contributed by atoms with E-state index < -0.39 is 0 Å². The molecule has 0 heterocycles. The lowest BCUT2D eigenvalue weighted by Crippen LogP contribution is -2.09. The van der Waals surface area contributed by atoms with Crippen molar-refractivity contribution in [1.29, 1.82) is 5.26 Å². The molecular formula is C12H11NO. The molecule has 0 saturated heterocycles. The first-order valence-electron chi connectivity index (χ1n) is 4.90. The molecule has 0 aliphatic heterocycles. The van der Waals surface area contributed by atoms with Crippen molar-refractivity contribution in [2.75, 3.05) is 0 Å². The predicted molar refractivity (Wildman–Crippen MR) is 51.4 cm³/mol. The summed E-state index contributed by atoms with van der Waals surface area (Å²) in [5, 5.41) is 18.8. The zero-order valence-electron chi connectivity index (χ0n) is 7.77. The minimum absolute atomic E-state index is 0.0803. The van der Waals surface area contributed by atoms with E-state index >= 15 is 0 Å². The van der Waals surface area contributed by atoms with Gasteiger partial charge in [-0.15, -0.1) is 0 Å². The first-order chi connectivity index (χ1) is 6.75. The molecule has 2 aliphatic rings. The van der Waals surface area contributed by atoms with E-state index in [4.69, 9.17) is 0 Å². The van der Waals surface area contributed by atoms with Crippen molar-refractivity contribution in [3.05, 3.63) is 35.9 Å². The lowest BCUT2D eigenvalue weighted by Gasteiger charge is -2.07. The molecule has 1 aromatic carbocycles. The summed E-state index contributed by atoms with van der Waals surface area (Å²) in [6, 6.07) is 12.2. The SMILES string of the molecule is N#C[C@@]1(c2ccccc2)CC12CC2O. The largest absolute Gasteiger partial charge is 0.392 e. The van der Waals surface area contributed by atoms with Crippen molar-refractivity contribution in [2.45, 2.75) is 24.4 Å². The highest BCUT2D eigenvalue weighted by Gasteiger charge is 2.81. The highest BCUT2D eigenvalue weighted by atomic mass is 16.3. The van der Waals surface area contributed by atoms with Gasteiger partial charge in [0.1, 0.15) is 0 Å². The van der Waals surface area contributed by atoms with Gasteiger partial charge in [-0.3, -0.25) is 0 Å². The van der Waals surface area contributed by atoms with Crippen LogP contribution < -0.4 is 0 Å². The molecule has 3 rings (SSSR count). The monoisotopic (exact) mass is 185 g/mol. The zero-order valence-corrected chi connectivity index (χ0v) is 7.77. The van der Waals surface area contributed by atoms with Crippen molar-refractivity contribution in [3.8, 4) is 6.07 Å². The van der Waals surface area contributed by atoms with E-state index in [0.717, 1.165) is 18.4 Å². The second-order valence-corrected chi connectivity index (χ2v) is 4.44. The summed E-state index contributed by atoms with van der Waals surface area (Å²) in [6.07, 6.45) is 1.39. The van der Waals surface area contributed by atoms with E-state index in [1.807, 2.05) is 30.3 Å². The smallest absolute Gasteiger partial charge is 0.0911 e. The fraction of sp³-hybridized carbons (Fsp3) is 0.417. The Morgan fingerprint density at radius 1 is 1.36 bits per heavy atom. The van der Waals surface area contributed by atoms with Crippen molar-refractivity contribution in [1.82, 2.24) is 0 Å². The van der Waals surface area contributed by atoms with Gasteiger partial charge in [0, 0.05) is 5.41 Å². The highest BCUT2D eigenvalue weighted by Crippen LogP contribution is 2.78. The van der Waals surface area contributed by atoms with Crippen LogP contribution in [0.15, 0.2) is 30.3 Å². The van der Waals surface area contributed by atoms with E-state index in [-0.39, 0.29) is 16.9 Å². The normalized spacial score (nSPS) is 43.3. The molecule has 70 valence electrons. The number of hydrogen-bond acceptors (Lipinski definition) is 2. The molecule has 2 heteroatoms. The second-order valence-electron chi connectivity index (χ2n) is 4.44. The fourth-order valence-corrected chi connectivity index (χ4v) is 2.69. The summed E-state index contributed by atoms with van der Waals surface area (Å²) in [5.41, 5.74) is 0.607. The number of benzene rings is 1. The molecular weight excluding hydrogens is 174 g/mol. The molecule has 1 aromatic rings. The molecule has 0 bridgehead atoms.